The molecular formula is C28H40F3N5O4Si. The molecule has 226 valence electrons. The van der Waals surface area contributed by atoms with Gasteiger partial charge in [-0.15, -0.1) is 0 Å². The van der Waals surface area contributed by atoms with Crippen LogP contribution in [0.25, 0.3) is 11.0 Å². The first-order valence-electron chi connectivity index (χ1n) is 14.5. The molecule has 1 aliphatic heterocycles. The zero-order valence-corrected chi connectivity index (χ0v) is 25.0. The van der Waals surface area contributed by atoms with Gasteiger partial charge in [-0.2, -0.15) is 13.2 Å². The van der Waals surface area contributed by atoms with Crippen molar-refractivity contribution in [1.82, 2.24) is 19.4 Å². The van der Waals surface area contributed by atoms with E-state index in [-0.39, 0.29) is 30.5 Å². The Kier molecular flexibility index (Phi) is 8.30. The molecule has 3 heterocycles. The van der Waals surface area contributed by atoms with Crippen molar-refractivity contribution in [2.45, 2.75) is 89.2 Å². The maximum absolute atomic E-state index is 13.5. The minimum atomic E-state index is -4.57. The van der Waals surface area contributed by atoms with Gasteiger partial charge in [-0.05, 0) is 56.6 Å². The highest BCUT2D eigenvalue weighted by atomic mass is 28.3. The van der Waals surface area contributed by atoms with E-state index >= 15 is 0 Å². The molecule has 2 saturated carbocycles. The third-order valence-electron chi connectivity index (χ3n) is 8.43. The maximum atomic E-state index is 13.5. The van der Waals surface area contributed by atoms with Crippen molar-refractivity contribution < 1.29 is 32.6 Å². The van der Waals surface area contributed by atoms with Crippen LogP contribution in [0, 0.1) is 5.92 Å². The fourth-order valence-corrected chi connectivity index (χ4v) is 6.79. The molecule has 0 saturated heterocycles. The van der Waals surface area contributed by atoms with Crippen LogP contribution >= 0.6 is 0 Å². The molecule has 2 amide bonds. The van der Waals surface area contributed by atoms with Crippen LogP contribution in [0.1, 0.15) is 48.9 Å². The highest BCUT2D eigenvalue weighted by molar-refractivity contribution is 6.76. The van der Waals surface area contributed by atoms with Crippen molar-refractivity contribution >= 4 is 36.8 Å². The van der Waals surface area contributed by atoms with Crippen LogP contribution in [0.3, 0.4) is 0 Å². The molecule has 0 atom stereocenters. The van der Waals surface area contributed by atoms with Gasteiger partial charge in [0.05, 0.1) is 17.9 Å². The third-order valence-corrected chi connectivity index (χ3v) is 10.1. The molecule has 2 aromatic heterocycles. The Bertz CT molecular complexity index is 1270. The van der Waals surface area contributed by atoms with E-state index in [0.717, 1.165) is 35.6 Å². The lowest BCUT2D eigenvalue weighted by Crippen LogP contribution is -2.52. The van der Waals surface area contributed by atoms with E-state index in [1.807, 2.05) is 21.7 Å². The average Bonchev–Trinajstić information content (AvgIpc) is 3.65. The van der Waals surface area contributed by atoms with Gasteiger partial charge in [0, 0.05) is 51.1 Å². The van der Waals surface area contributed by atoms with E-state index in [1.54, 1.807) is 6.20 Å². The van der Waals surface area contributed by atoms with Gasteiger partial charge in [-0.3, -0.25) is 9.69 Å². The number of pyridine rings is 1. The lowest BCUT2D eigenvalue weighted by Gasteiger charge is -2.45. The molecule has 0 spiro atoms. The fraction of sp³-hybridized carbons (Fsp3) is 0.679. The average molecular weight is 596 g/mol. The zero-order chi connectivity index (χ0) is 29.5. The van der Waals surface area contributed by atoms with Crippen molar-refractivity contribution in [2.75, 3.05) is 31.3 Å². The number of amides is 2. The Labute approximate surface area is 239 Å². The van der Waals surface area contributed by atoms with Gasteiger partial charge < -0.3 is 24.2 Å². The molecule has 0 unspecified atom stereocenters. The van der Waals surface area contributed by atoms with Crippen LogP contribution in [-0.4, -0.2) is 89.2 Å². The minimum Gasteiger partial charge on any atom is -0.465 e. The Hall–Kier alpha value is -2.80. The molecule has 0 radical (unpaired) electrons. The van der Waals surface area contributed by atoms with Gasteiger partial charge in [-0.1, -0.05) is 19.6 Å². The summed E-state index contributed by atoms with van der Waals surface area (Å²) in [5, 5.41) is 10.2. The number of anilines is 1. The van der Waals surface area contributed by atoms with Gasteiger partial charge in [0.15, 0.2) is 0 Å². The summed E-state index contributed by atoms with van der Waals surface area (Å²) in [5.41, 5.74) is 2.20. The number of rotatable bonds is 10. The Morgan fingerprint density at radius 2 is 1.78 bits per heavy atom. The molecular weight excluding hydrogens is 555 g/mol. The molecule has 3 aliphatic rings. The van der Waals surface area contributed by atoms with Crippen molar-refractivity contribution in [1.29, 1.82) is 0 Å². The van der Waals surface area contributed by atoms with Gasteiger partial charge >= 0.3 is 12.3 Å². The van der Waals surface area contributed by atoms with Crippen LogP contribution in [0.2, 0.25) is 25.7 Å². The SMILES string of the molecule is C[Si](C)(C)CCOCn1ccc2c3c(cnc21)C(=O)N(C1CC1)CN3C1CCC(CN(CC(F)(F)F)C(=O)O)CC1. The lowest BCUT2D eigenvalue weighted by atomic mass is 9.84. The molecule has 41 heavy (non-hydrogen) atoms. The summed E-state index contributed by atoms with van der Waals surface area (Å²) >= 11 is 0. The van der Waals surface area contributed by atoms with E-state index < -0.39 is 26.9 Å². The molecule has 2 fully saturated rings. The summed E-state index contributed by atoms with van der Waals surface area (Å²) in [6.45, 7) is 6.89. The van der Waals surface area contributed by atoms with Gasteiger partial charge in [-0.25, -0.2) is 9.78 Å². The number of hydrogen-bond donors (Lipinski definition) is 1. The first kappa shape index (κ1) is 29.7. The number of carboxylic acid groups (broad SMARTS) is 1. The van der Waals surface area contributed by atoms with E-state index in [2.05, 4.69) is 29.5 Å². The maximum Gasteiger partial charge on any atom is 0.407 e. The van der Waals surface area contributed by atoms with Gasteiger partial charge in [0.2, 0.25) is 0 Å². The van der Waals surface area contributed by atoms with Crippen LogP contribution in [-0.2, 0) is 11.5 Å². The van der Waals surface area contributed by atoms with E-state index in [4.69, 9.17) is 4.74 Å². The largest absolute Gasteiger partial charge is 0.465 e. The number of ether oxygens (including phenoxy) is 1. The van der Waals surface area contributed by atoms with E-state index in [0.29, 0.717) is 56.2 Å². The number of fused-ring (bicyclic) bond motifs is 3. The topological polar surface area (TPSA) is 91.1 Å². The van der Waals surface area contributed by atoms with E-state index in [1.165, 1.54) is 0 Å². The first-order valence-corrected chi connectivity index (χ1v) is 18.2. The number of carbonyl (C=O) groups is 2. The Balaban J connectivity index is 1.34. The van der Waals surface area contributed by atoms with Crippen LogP contribution < -0.4 is 4.90 Å². The van der Waals surface area contributed by atoms with Crippen LogP contribution in [0.4, 0.5) is 23.7 Å². The Morgan fingerprint density at radius 3 is 2.39 bits per heavy atom. The second-order valence-corrected chi connectivity index (χ2v) is 18.6. The Morgan fingerprint density at radius 1 is 1.12 bits per heavy atom. The van der Waals surface area contributed by atoms with Gasteiger partial charge in [0.1, 0.15) is 18.9 Å². The molecule has 2 aliphatic carbocycles. The highest BCUT2D eigenvalue weighted by Gasteiger charge is 2.42. The molecule has 0 bridgehead atoms. The monoisotopic (exact) mass is 595 g/mol. The summed E-state index contributed by atoms with van der Waals surface area (Å²) in [5.74, 6) is -0.146. The summed E-state index contributed by atoms with van der Waals surface area (Å²) in [6, 6.07) is 3.37. The molecule has 0 aromatic carbocycles. The predicted molar refractivity (Wildman–Crippen MR) is 152 cm³/mol. The number of alkyl halides is 3. The number of halogens is 3. The summed E-state index contributed by atoms with van der Waals surface area (Å²) in [4.78, 5) is 34.3. The lowest BCUT2D eigenvalue weighted by molar-refractivity contribution is -0.143. The number of hydrogen-bond acceptors (Lipinski definition) is 5. The minimum absolute atomic E-state index is 0.00905. The van der Waals surface area contributed by atoms with Gasteiger partial charge in [0.25, 0.3) is 5.91 Å². The van der Waals surface area contributed by atoms with Crippen LogP contribution in [0.5, 0.6) is 0 Å². The van der Waals surface area contributed by atoms with E-state index in [9.17, 15) is 27.9 Å². The first-order chi connectivity index (χ1) is 19.3. The number of nitrogens with zero attached hydrogens (tertiary/aromatic N) is 5. The molecule has 13 heteroatoms. The standard InChI is InChI=1S/C28H40F3N5O4Si/c1-41(2,3)13-12-40-18-33-11-10-22-24-23(14-32-25(22)33)26(37)36(21-8-9-21)17-35(24)20-6-4-19(5-7-20)15-34(27(38)39)16-28(29,30)31/h10-11,14,19-21H,4-9,12-13,15-18H2,1-3H3,(H,38,39). The third kappa shape index (κ3) is 6.99. The molecule has 2 aromatic rings. The number of carbonyl (C=O) groups excluding carboxylic acids is 1. The summed E-state index contributed by atoms with van der Waals surface area (Å²) in [6.07, 6.45) is 2.12. The molecule has 5 rings (SSSR count). The quantitative estimate of drug-likeness (QED) is 0.275. The second kappa shape index (κ2) is 11.5. The smallest absolute Gasteiger partial charge is 0.407 e. The number of aromatic nitrogens is 2. The van der Waals surface area contributed by atoms with Crippen molar-refractivity contribution in [3.05, 3.63) is 24.0 Å². The predicted octanol–water partition coefficient (Wildman–Crippen LogP) is 5.83. The molecule has 1 N–H and O–H groups in total. The second-order valence-electron chi connectivity index (χ2n) is 13.0. The van der Waals surface area contributed by atoms with Crippen molar-refractivity contribution in [2.24, 2.45) is 5.92 Å². The fourth-order valence-electron chi connectivity index (χ4n) is 6.03. The van der Waals surface area contributed by atoms with Crippen LogP contribution in [0.15, 0.2) is 18.5 Å². The molecule has 9 nitrogen and oxygen atoms in total. The normalized spacial score (nSPS) is 21.9. The van der Waals surface area contributed by atoms with Crippen molar-refractivity contribution in [3.63, 3.8) is 0 Å². The zero-order valence-electron chi connectivity index (χ0n) is 24.0. The van der Waals surface area contributed by atoms with Crippen molar-refractivity contribution in [3.8, 4) is 0 Å². The summed E-state index contributed by atoms with van der Waals surface area (Å²) in [7, 11) is -1.21. The summed E-state index contributed by atoms with van der Waals surface area (Å²) < 4.78 is 46.7. The highest BCUT2D eigenvalue weighted by Crippen LogP contribution is 2.42.